The first-order chi connectivity index (χ1) is 8.54. The van der Waals surface area contributed by atoms with Crippen LogP contribution in [0.1, 0.15) is 19.4 Å². The van der Waals surface area contributed by atoms with Crippen LogP contribution in [-0.4, -0.2) is 31.1 Å². The van der Waals surface area contributed by atoms with Crippen molar-refractivity contribution in [1.82, 2.24) is 5.32 Å². The Hall–Kier alpha value is -0.110. The number of halogens is 2. The molecule has 0 unspecified atom stereocenters. The van der Waals surface area contributed by atoms with E-state index >= 15 is 0 Å². The molecule has 0 aromatic heterocycles. The molecule has 0 spiro atoms. The van der Waals surface area contributed by atoms with Crippen LogP contribution in [0.2, 0.25) is 0 Å². The minimum atomic E-state index is -3.10. The number of benzene rings is 1. The fraction of sp³-hybridized carbons (Fsp3) is 0.500. The van der Waals surface area contributed by atoms with Crippen molar-refractivity contribution in [1.29, 1.82) is 0 Å². The highest BCUT2D eigenvalue weighted by Crippen LogP contribution is 2.33. The molecule has 0 aliphatic carbocycles. The topological polar surface area (TPSA) is 66.4 Å². The van der Waals surface area contributed by atoms with Crippen molar-refractivity contribution >= 4 is 41.7 Å². The maximum Gasteiger partial charge on any atom is 0.153 e. The lowest BCUT2D eigenvalue weighted by Gasteiger charge is -2.23. The summed E-state index contributed by atoms with van der Waals surface area (Å²) >= 11 is 6.51. The molecule has 7 heteroatoms. The van der Waals surface area contributed by atoms with E-state index in [2.05, 4.69) is 37.2 Å². The largest absolute Gasteiger partial charge is 0.506 e. The van der Waals surface area contributed by atoms with Crippen molar-refractivity contribution in [3.63, 3.8) is 0 Å². The van der Waals surface area contributed by atoms with Crippen molar-refractivity contribution in [2.24, 2.45) is 0 Å². The molecule has 4 nitrogen and oxygen atoms in total. The Morgan fingerprint density at radius 1 is 1.26 bits per heavy atom. The van der Waals surface area contributed by atoms with E-state index in [9.17, 15) is 13.5 Å². The molecule has 0 aliphatic rings. The van der Waals surface area contributed by atoms with E-state index in [1.807, 2.05) is 0 Å². The number of hydrogen-bond donors (Lipinski definition) is 2. The summed E-state index contributed by atoms with van der Waals surface area (Å²) in [6, 6.07) is 3.58. The van der Waals surface area contributed by atoms with Gasteiger partial charge in [-0.15, -0.1) is 0 Å². The smallest absolute Gasteiger partial charge is 0.153 e. The standard InChI is InChI=1S/C12H17Br2NO3S/c1-12(2,19(3,17)18)7-15-6-8-4-9(13)11(16)10(14)5-8/h4-5,15-16H,6-7H2,1-3H3. The van der Waals surface area contributed by atoms with Gasteiger partial charge in [0, 0.05) is 19.3 Å². The fourth-order valence-corrected chi connectivity index (χ4v) is 3.00. The van der Waals surface area contributed by atoms with E-state index in [1.54, 1.807) is 26.0 Å². The Bertz CT molecular complexity index is 547. The lowest BCUT2D eigenvalue weighted by Crippen LogP contribution is -2.41. The third kappa shape index (κ3) is 4.44. The molecule has 0 amide bonds. The summed E-state index contributed by atoms with van der Waals surface area (Å²) in [5, 5.41) is 12.7. The quantitative estimate of drug-likeness (QED) is 0.777. The van der Waals surface area contributed by atoms with E-state index < -0.39 is 14.6 Å². The van der Waals surface area contributed by atoms with Crippen molar-refractivity contribution in [3.05, 3.63) is 26.6 Å². The Morgan fingerprint density at radius 3 is 2.16 bits per heavy atom. The monoisotopic (exact) mass is 413 g/mol. The van der Waals surface area contributed by atoms with Gasteiger partial charge in [0.1, 0.15) is 5.75 Å². The van der Waals surface area contributed by atoms with Crippen LogP contribution in [-0.2, 0) is 16.4 Å². The molecule has 0 radical (unpaired) electrons. The van der Waals surface area contributed by atoms with Crippen LogP contribution in [0.5, 0.6) is 5.75 Å². The second-order valence-corrected chi connectivity index (χ2v) is 9.40. The summed E-state index contributed by atoms with van der Waals surface area (Å²) in [5.41, 5.74) is 0.945. The maximum absolute atomic E-state index is 11.6. The minimum absolute atomic E-state index is 0.153. The summed E-state index contributed by atoms with van der Waals surface area (Å²) in [6.45, 7) is 4.27. The molecule has 0 heterocycles. The Kier molecular flexibility index (Phi) is 5.45. The number of phenols is 1. The number of sulfone groups is 1. The molecule has 0 aliphatic heterocycles. The lowest BCUT2D eigenvalue weighted by atomic mass is 10.2. The first-order valence-electron chi connectivity index (χ1n) is 5.62. The molecule has 0 saturated heterocycles. The Labute approximate surface area is 130 Å². The van der Waals surface area contributed by atoms with E-state index in [0.29, 0.717) is 22.0 Å². The van der Waals surface area contributed by atoms with Crippen molar-refractivity contribution in [3.8, 4) is 5.75 Å². The molecule has 0 saturated carbocycles. The average Bonchev–Trinajstić information content (AvgIpc) is 2.24. The van der Waals surface area contributed by atoms with Gasteiger partial charge < -0.3 is 10.4 Å². The van der Waals surface area contributed by atoms with Crippen molar-refractivity contribution < 1.29 is 13.5 Å². The Morgan fingerprint density at radius 2 is 1.74 bits per heavy atom. The molecule has 0 atom stereocenters. The molecular weight excluding hydrogens is 398 g/mol. The van der Waals surface area contributed by atoms with Crippen LogP contribution in [0.4, 0.5) is 0 Å². The molecule has 2 N–H and O–H groups in total. The molecule has 108 valence electrons. The van der Waals surface area contributed by atoms with Crippen LogP contribution in [0, 0.1) is 0 Å². The van der Waals surface area contributed by atoms with E-state index in [0.717, 1.165) is 5.56 Å². The van der Waals surface area contributed by atoms with Crippen LogP contribution < -0.4 is 5.32 Å². The zero-order valence-electron chi connectivity index (χ0n) is 11.0. The van der Waals surface area contributed by atoms with Crippen LogP contribution >= 0.6 is 31.9 Å². The van der Waals surface area contributed by atoms with Gasteiger partial charge in [-0.2, -0.15) is 0 Å². The number of phenolic OH excluding ortho intramolecular Hbond substituents is 1. The molecule has 0 bridgehead atoms. The zero-order chi connectivity index (χ0) is 14.8. The van der Waals surface area contributed by atoms with Gasteiger partial charge in [-0.1, -0.05) is 0 Å². The fourth-order valence-electron chi connectivity index (χ4n) is 1.36. The summed E-state index contributed by atoms with van der Waals surface area (Å²) in [4.78, 5) is 0. The van der Waals surface area contributed by atoms with Gasteiger partial charge in [0.05, 0.1) is 13.7 Å². The predicted molar refractivity (Wildman–Crippen MR) is 84.1 cm³/mol. The second-order valence-electron chi connectivity index (χ2n) is 5.04. The molecule has 19 heavy (non-hydrogen) atoms. The highest BCUT2D eigenvalue weighted by atomic mass is 79.9. The van der Waals surface area contributed by atoms with Gasteiger partial charge >= 0.3 is 0 Å². The molecule has 0 fully saturated rings. The second kappa shape index (κ2) is 6.11. The van der Waals surface area contributed by atoms with Crippen LogP contribution in [0.15, 0.2) is 21.1 Å². The van der Waals surface area contributed by atoms with E-state index in [1.165, 1.54) is 6.26 Å². The average molecular weight is 415 g/mol. The summed E-state index contributed by atoms with van der Waals surface area (Å²) in [6.07, 6.45) is 1.24. The maximum atomic E-state index is 11.6. The van der Waals surface area contributed by atoms with E-state index in [-0.39, 0.29) is 5.75 Å². The van der Waals surface area contributed by atoms with Crippen LogP contribution in [0.3, 0.4) is 0 Å². The summed E-state index contributed by atoms with van der Waals surface area (Å²) < 4.78 is 23.5. The van der Waals surface area contributed by atoms with Gasteiger partial charge in [0.25, 0.3) is 0 Å². The van der Waals surface area contributed by atoms with E-state index in [4.69, 9.17) is 0 Å². The van der Waals surface area contributed by atoms with Gasteiger partial charge in [-0.3, -0.25) is 0 Å². The highest BCUT2D eigenvalue weighted by molar-refractivity contribution is 9.11. The molecular formula is C12H17Br2NO3S. The number of aromatic hydroxyl groups is 1. The lowest BCUT2D eigenvalue weighted by molar-refractivity contribution is 0.468. The SMILES string of the molecule is CC(C)(CNCc1cc(Br)c(O)c(Br)c1)S(C)(=O)=O. The Balaban J connectivity index is 2.69. The summed E-state index contributed by atoms with van der Waals surface area (Å²) in [7, 11) is -3.10. The summed E-state index contributed by atoms with van der Waals surface area (Å²) in [5.74, 6) is 0.153. The highest BCUT2D eigenvalue weighted by Gasteiger charge is 2.29. The number of nitrogens with one attached hydrogen (secondary N) is 1. The molecule has 1 rings (SSSR count). The number of rotatable bonds is 5. The zero-order valence-corrected chi connectivity index (χ0v) is 15.0. The predicted octanol–water partition coefficient (Wildman–Crippen LogP) is 2.83. The molecule has 1 aromatic carbocycles. The molecule has 1 aromatic rings. The van der Waals surface area contributed by atoms with Gasteiger partial charge in [0.15, 0.2) is 9.84 Å². The van der Waals surface area contributed by atoms with Crippen LogP contribution in [0.25, 0.3) is 0 Å². The third-order valence-corrected chi connectivity index (χ3v) is 6.32. The van der Waals surface area contributed by atoms with Gasteiger partial charge in [0.2, 0.25) is 0 Å². The van der Waals surface area contributed by atoms with Crippen molar-refractivity contribution in [2.45, 2.75) is 25.1 Å². The normalized spacial score (nSPS) is 12.7. The number of hydrogen-bond acceptors (Lipinski definition) is 4. The van der Waals surface area contributed by atoms with Crippen molar-refractivity contribution in [2.75, 3.05) is 12.8 Å². The first-order valence-corrected chi connectivity index (χ1v) is 9.09. The van der Waals surface area contributed by atoms with Gasteiger partial charge in [-0.25, -0.2) is 8.42 Å². The first kappa shape index (κ1) is 16.9. The minimum Gasteiger partial charge on any atom is -0.506 e. The third-order valence-electron chi connectivity index (χ3n) is 2.96. The van der Waals surface area contributed by atoms with Gasteiger partial charge in [-0.05, 0) is 63.4 Å².